The van der Waals surface area contributed by atoms with Crippen molar-refractivity contribution in [2.24, 2.45) is 0 Å². The maximum Gasteiger partial charge on any atom is 0.230 e. The summed E-state index contributed by atoms with van der Waals surface area (Å²) in [6.07, 6.45) is 6.66. The minimum absolute atomic E-state index is 0.500. The van der Waals surface area contributed by atoms with E-state index in [0.717, 1.165) is 44.4 Å². The third kappa shape index (κ3) is 2.58. The fourth-order valence-electron chi connectivity index (χ4n) is 3.47. The van der Waals surface area contributed by atoms with Crippen molar-refractivity contribution in [2.45, 2.75) is 13.8 Å². The van der Waals surface area contributed by atoms with Gasteiger partial charge >= 0.3 is 0 Å². The van der Waals surface area contributed by atoms with Gasteiger partial charge < -0.3 is 9.15 Å². The molecular weight excluding hydrogens is 352 g/mol. The number of ether oxygens (including phenoxy) is 1. The number of aryl methyl sites for hydroxylation is 2. The van der Waals surface area contributed by atoms with Gasteiger partial charge in [-0.3, -0.25) is 4.98 Å². The molecule has 0 N–H and O–H groups in total. The summed E-state index contributed by atoms with van der Waals surface area (Å²) in [6, 6.07) is 11.5. The van der Waals surface area contributed by atoms with Crippen LogP contribution in [0.4, 0.5) is 0 Å². The molecule has 0 aliphatic heterocycles. The van der Waals surface area contributed by atoms with Gasteiger partial charge in [-0.1, -0.05) is 0 Å². The fraction of sp³-hybridized carbons (Fsp3) is 0.0909. The highest BCUT2D eigenvalue weighted by molar-refractivity contribution is 5.98. The van der Waals surface area contributed by atoms with Crippen molar-refractivity contribution in [1.82, 2.24) is 19.9 Å². The predicted molar refractivity (Wildman–Crippen MR) is 106 cm³/mol. The average molecular weight is 368 g/mol. The first-order chi connectivity index (χ1) is 13.7. The number of benzene rings is 1. The van der Waals surface area contributed by atoms with Crippen molar-refractivity contribution in [3.8, 4) is 22.8 Å². The number of pyridine rings is 2. The van der Waals surface area contributed by atoms with Gasteiger partial charge in [-0.05, 0) is 50.2 Å². The van der Waals surface area contributed by atoms with Crippen LogP contribution >= 0.6 is 0 Å². The van der Waals surface area contributed by atoms with Gasteiger partial charge in [0.1, 0.15) is 17.7 Å². The summed E-state index contributed by atoms with van der Waals surface area (Å²) >= 11 is 0. The number of furan rings is 1. The Kier molecular flexibility index (Phi) is 3.76. The molecule has 0 aliphatic rings. The van der Waals surface area contributed by atoms with E-state index in [1.165, 1.54) is 0 Å². The molecular formula is C22H16N4O2. The normalized spacial score (nSPS) is 11.2. The van der Waals surface area contributed by atoms with E-state index in [9.17, 15) is 0 Å². The van der Waals surface area contributed by atoms with Gasteiger partial charge in [0.25, 0.3) is 0 Å². The van der Waals surface area contributed by atoms with Crippen molar-refractivity contribution in [2.75, 3.05) is 0 Å². The topological polar surface area (TPSA) is 73.9 Å². The first-order valence-electron chi connectivity index (χ1n) is 8.89. The van der Waals surface area contributed by atoms with Crippen molar-refractivity contribution >= 4 is 21.9 Å². The Morgan fingerprint density at radius 2 is 1.68 bits per heavy atom. The van der Waals surface area contributed by atoms with E-state index in [1.807, 2.05) is 50.2 Å². The summed E-state index contributed by atoms with van der Waals surface area (Å²) in [5, 5.41) is 1.72. The summed E-state index contributed by atoms with van der Waals surface area (Å²) in [7, 11) is 0. The highest BCUT2D eigenvalue weighted by Crippen LogP contribution is 2.37. The quantitative estimate of drug-likeness (QED) is 0.433. The molecule has 0 radical (unpaired) electrons. The lowest BCUT2D eigenvalue weighted by Gasteiger charge is -2.14. The Hall–Kier alpha value is -3.80. The number of fused-ring (bicyclic) bond motifs is 2. The average Bonchev–Trinajstić information content (AvgIpc) is 3.19. The zero-order valence-electron chi connectivity index (χ0n) is 15.4. The molecule has 136 valence electrons. The molecule has 0 aliphatic carbocycles. The van der Waals surface area contributed by atoms with Crippen LogP contribution in [0.2, 0.25) is 0 Å². The van der Waals surface area contributed by atoms with Crippen molar-refractivity contribution < 1.29 is 9.15 Å². The largest absolute Gasteiger partial charge is 0.464 e. The van der Waals surface area contributed by atoms with Crippen LogP contribution in [0.25, 0.3) is 33.0 Å². The van der Waals surface area contributed by atoms with E-state index in [2.05, 4.69) is 19.9 Å². The molecule has 0 spiro atoms. The fourth-order valence-corrected chi connectivity index (χ4v) is 3.47. The van der Waals surface area contributed by atoms with Gasteiger partial charge in [-0.25, -0.2) is 15.0 Å². The Bertz CT molecular complexity index is 1310. The first kappa shape index (κ1) is 16.4. The van der Waals surface area contributed by atoms with Gasteiger partial charge in [-0.2, -0.15) is 0 Å². The maximum absolute atomic E-state index is 6.17. The Morgan fingerprint density at radius 3 is 2.54 bits per heavy atom. The standard InChI is InChI=1S/C22H16N4O2/c1-13-20(14(2)26-12-25-13)17-5-6-19(15-4-3-9-23-21(15)17)28-22-16-8-11-27-18(16)7-10-24-22/h3-12H,1-2H3. The van der Waals surface area contributed by atoms with Gasteiger partial charge in [0, 0.05) is 40.3 Å². The summed E-state index contributed by atoms with van der Waals surface area (Å²) < 4.78 is 11.6. The van der Waals surface area contributed by atoms with E-state index in [-0.39, 0.29) is 0 Å². The van der Waals surface area contributed by atoms with Gasteiger partial charge in [0.15, 0.2) is 0 Å². The first-order valence-corrected chi connectivity index (χ1v) is 8.89. The van der Waals surface area contributed by atoms with Gasteiger partial charge in [0.2, 0.25) is 5.88 Å². The van der Waals surface area contributed by atoms with E-state index in [0.29, 0.717) is 11.6 Å². The predicted octanol–water partition coefficient (Wildman–Crippen LogP) is 5.24. The SMILES string of the molecule is Cc1ncnc(C)c1-c1ccc(Oc2nccc3occc23)c2cccnc12. The van der Waals surface area contributed by atoms with Crippen molar-refractivity contribution in [1.29, 1.82) is 0 Å². The van der Waals surface area contributed by atoms with Crippen LogP contribution in [-0.2, 0) is 0 Å². The van der Waals surface area contributed by atoms with E-state index in [1.54, 1.807) is 25.0 Å². The number of aromatic nitrogens is 4. The van der Waals surface area contributed by atoms with Gasteiger partial charge in [-0.15, -0.1) is 0 Å². The molecule has 0 unspecified atom stereocenters. The molecule has 1 aromatic carbocycles. The Morgan fingerprint density at radius 1 is 0.821 bits per heavy atom. The lowest BCUT2D eigenvalue weighted by molar-refractivity contribution is 0.474. The van der Waals surface area contributed by atoms with Crippen molar-refractivity contribution in [3.05, 3.63) is 72.8 Å². The van der Waals surface area contributed by atoms with Crippen LogP contribution in [0.1, 0.15) is 11.4 Å². The molecule has 6 nitrogen and oxygen atoms in total. The second-order valence-corrected chi connectivity index (χ2v) is 6.48. The number of hydrogen-bond donors (Lipinski definition) is 0. The molecule has 0 amide bonds. The summed E-state index contributed by atoms with van der Waals surface area (Å²) in [5.41, 5.74) is 5.37. The molecule has 4 heterocycles. The summed E-state index contributed by atoms with van der Waals surface area (Å²) in [6.45, 7) is 3.96. The third-order valence-corrected chi connectivity index (χ3v) is 4.78. The van der Waals surface area contributed by atoms with E-state index in [4.69, 9.17) is 9.15 Å². The lowest BCUT2D eigenvalue weighted by Crippen LogP contribution is -1.97. The van der Waals surface area contributed by atoms with Crippen LogP contribution in [-0.4, -0.2) is 19.9 Å². The van der Waals surface area contributed by atoms with Crippen LogP contribution in [0.15, 0.2) is 65.8 Å². The van der Waals surface area contributed by atoms with E-state index >= 15 is 0 Å². The minimum atomic E-state index is 0.500. The van der Waals surface area contributed by atoms with Gasteiger partial charge in [0.05, 0.1) is 17.2 Å². The highest BCUT2D eigenvalue weighted by atomic mass is 16.5. The highest BCUT2D eigenvalue weighted by Gasteiger charge is 2.16. The van der Waals surface area contributed by atoms with Crippen LogP contribution in [0.5, 0.6) is 11.6 Å². The number of rotatable bonds is 3. The van der Waals surface area contributed by atoms with E-state index < -0.39 is 0 Å². The second kappa shape index (κ2) is 6.42. The minimum Gasteiger partial charge on any atom is -0.464 e. The van der Waals surface area contributed by atoms with Crippen molar-refractivity contribution in [3.63, 3.8) is 0 Å². The molecule has 0 saturated carbocycles. The third-order valence-electron chi connectivity index (χ3n) is 4.78. The van der Waals surface area contributed by atoms with Crippen LogP contribution in [0, 0.1) is 13.8 Å². The molecule has 0 atom stereocenters. The molecule has 0 saturated heterocycles. The maximum atomic E-state index is 6.17. The molecule has 0 bridgehead atoms. The summed E-state index contributed by atoms with van der Waals surface area (Å²) in [5.74, 6) is 1.18. The zero-order chi connectivity index (χ0) is 19.1. The smallest absolute Gasteiger partial charge is 0.230 e. The number of nitrogens with zero attached hydrogens (tertiary/aromatic N) is 4. The molecule has 4 aromatic heterocycles. The molecule has 28 heavy (non-hydrogen) atoms. The Balaban J connectivity index is 1.70. The lowest BCUT2D eigenvalue weighted by atomic mass is 9.99. The van der Waals surface area contributed by atoms with Crippen LogP contribution in [0.3, 0.4) is 0 Å². The Labute approximate surface area is 160 Å². The monoisotopic (exact) mass is 368 g/mol. The number of hydrogen-bond acceptors (Lipinski definition) is 6. The zero-order valence-corrected chi connectivity index (χ0v) is 15.4. The second-order valence-electron chi connectivity index (χ2n) is 6.48. The molecule has 5 aromatic rings. The molecule has 6 heteroatoms. The van der Waals surface area contributed by atoms with Crippen LogP contribution < -0.4 is 4.74 Å². The molecule has 5 rings (SSSR count). The summed E-state index contributed by atoms with van der Waals surface area (Å²) in [4.78, 5) is 17.7. The molecule has 0 fully saturated rings.